The molecule has 0 aromatic carbocycles. The third-order valence-corrected chi connectivity index (χ3v) is 1.56. The minimum absolute atomic E-state index is 0.719. The summed E-state index contributed by atoms with van der Waals surface area (Å²) in [6.45, 7) is 0. The maximum Gasteiger partial charge on any atom is 0.0412 e. The van der Waals surface area contributed by atoms with Gasteiger partial charge in [0.1, 0.15) is 0 Å². The van der Waals surface area contributed by atoms with Crippen LogP contribution in [-0.4, -0.2) is 15.3 Å². The fraction of sp³-hybridized carbons (Fsp3) is 0.286. The molecule has 0 amide bonds. The van der Waals surface area contributed by atoms with Gasteiger partial charge >= 0.3 is 0 Å². The number of aromatic nitrogens is 1. The van der Waals surface area contributed by atoms with Gasteiger partial charge in [0, 0.05) is 24.1 Å². The monoisotopic (exact) mass is 155 g/mol. The van der Waals surface area contributed by atoms with Gasteiger partial charge < -0.3 is 4.55 Å². The minimum Gasteiger partial charge on any atom is -0.330 e. The summed E-state index contributed by atoms with van der Waals surface area (Å²) in [5.74, 6) is 0.719. The highest BCUT2D eigenvalue weighted by Crippen LogP contribution is 1.99. The Morgan fingerprint density at radius 3 is 3.00 bits per heavy atom. The highest BCUT2D eigenvalue weighted by molar-refractivity contribution is 7.93. The zero-order chi connectivity index (χ0) is 7.23. The first-order valence-corrected chi connectivity index (χ1v) is 4.04. The van der Waals surface area contributed by atoms with Crippen molar-refractivity contribution in [3.8, 4) is 0 Å². The van der Waals surface area contributed by atoms with E-state index in [0.717, 1.165) is 29.9 Å². The molecule has 0 aliphatic heterocycles. The topological polar surface area (TPSA) is 33.1 Å². The van der Waals surface area contributed by atoms with Gasteiger partial charge in [-0.2, -0.15) is 0 Å². The highest BCUT2D eigenvalue weighted by Gasteiger charge is 1.90. The molecule has 0 aliphatic rings. The summed E-state index contributed by atoms with van der Waals surface area (Å²) < 4.78 is 8.42. The summed E-state index contributed by atoms with van der Waals surface area (Å²) in [7, 11) is 0. The Bertz CT molecular complexity index is 178. The van der Waals surface area contributed by atoms with Gasteiger partial charge in [-0.15, -0.1) is 0 Å². The van der Waals surface area contributed by atoms with Crippen LogP contribution in [0.2, 0.25) is 0 Å². The molecule has 0 fully saturated rings. The number of hydrogen-bond donors (Lipinski definition) is 1. The van der Waals surface area contributed by atoms with E-state index in [2.05, 4.69) is 4.98 Å². The Morgan fingerprint density at radius 1 is 1.50 bits per heavy atom. The summed E-state index contributed by atoms with van der Waals surface area (Å²) in [6.07, 6.45) is 2.60. The van der Waals surface area contributed by atoms with Gasteiger partial charge in [0.25, 0.3) is 0 Å². The van der Waals surface area contributed by atoms with Crippen LogP contribution in [0.25, 0.3) is 0 Å². The second kappa shape index (κ2) is 4.30. The van der Waals surface area contributed by atoms with Crippen molar-refractivity contribution < 1.29 is 4.55 Å². The molecule has 2 nitrogen and oxygen atoms in total. The lowest BCUT2D eigenvalue weighted by Gasteiger charge is -1.94. The molecule has 0 atom stereocenters. The lowest BCUT2D eigenvalue weighted by molar-refractivity contribution is 0.662. The molecule has 10 heavy (non-hydrogen) atoms. The summed E-state index contributed by atoms with van der Waals surface area (Å²) in [5, 5.41) is 0. The summed E-state index contributed by atoms with van der Waals surface area (Å²) in [5.41, 5.74) is 1.03. The third kappa shape index (κ3) is 2.37. The van der Waals surface area contributed by atoms with Gasteiger partial charge in [0.15, 0.2) is 0 Å². The summed E-state index contributed by atoms with van der Waals surface area (Å²) in [6, 6.07) is 5.79. The predicted octanol–water partition coefficient (Wildman–Crippen LogP) is 1.83. The second-order valence-electron chi connectivity index (χ2n) is 1.90. The third-order valence-electron chi connectivity index (χ3n) is 1.18. The minimum atomic E-state index is 0.719. The predicted molar refractivity (Wildman–Crippen MR) is 43.0 cm³/mol. The normalized spacial score (nSPS) is 9.70. The molecule has 1 aromatic heterocycles. The van der Waals surface area contributed by atoms with Crippen LogP contribution in [-0.2, 0) is 6.42 Å². The van der Waals surface area contributed by atoms with Crippen LogP contribution in [0.5, 0.6) is 0 Å². The first kappa shape index (κ1) is 7.57. The van der Waals surface area contributed by atoms with E-state index >= 15 is 0 Å². The van der Waals surface area contributed by atoms with Crippen LogP contribution >= 0.6 is 12.0 Å². The van der Waals surface area contributed by atoms with E-state index in [-0.39, 0.29) is 0 Å². The molecule has 1 heterocycles. The van der Waals surface area contributed by atoms with Crippen molar-refractivity contribution in [2.75, 3.05) is 5.75 Å². The lowest BCUT2D eigenvalue weighted by atomic mass is 10.3. The summed E-state index contributed by atoms with van der Waals surface area (Å²) >= 11 is 0.856. The Kier molecular flexibility index (Phi) is 3.26. The standard InChI is InChI=1S/C7H9NOS/c9-10-6-4-7-3-1-2-5-8-7/h1-3,5,9H,4,6H2. The average Bonchev–Trinajstić information content (AvgIpc) is 2.03. The van der Waals surface area contributed by atoms with Crippen molar-refractivity contribution in [1.82, 2.24) is 4.98 Å². The van der Waals surface area contributed by atoms with Crippen LogP contribution in [0.3, 0.4) is 0 Å². The van der Waals surface area contributed by atoms with E-state index in [0.29, 0.717) is 0 Å². The van der Waals surface area contributed by atoms with Gasteiger partial charge in [-0.25, -0.2) is 0 Å². The average molecular weight is 155 g/mol. The Hall–Kier alpha value is -0.540. The quantitative estimate of drug-likeness (QED) is 0.676. The van der Waals surface area contributed by atoms with Crippen LogP contribution in [0.15, 0.2) is 24.4 Å². The van der Waals surface area contributed by atoms with Crippen LogP contribution in [0.1, 0.15) is 5.69 Å². The molecule has 1 aromatic rings. The van der Waals surface area contributed by atoms with Crippen LogP contribution in [0.4, 0.5) is 0 Å². The van der Waals surface area contributed by atoms with E-state index in [1.54, 1.807) is 6.20 Å². The molecule has 0 radical (unpaired) electrons. The van der Waals surface area contributed by atoms with Crippen LogP contribution in [0, 0.1) is 0 Å². The molecule has 3 heteroatoms. The SMILES string of the molecule is OSCCc1ccccn1. The van der Waals surface area contributed by atoms with Crippen LogP contribution < -0.4 is 0 Å². The van der Waals surface area contributed by atoms with Crippen molar-refractivity contribution in [2.24, 2.45) is 0 Å². The molecule has 1 N–H and O–H groups in total. The maximum atomic E-state index is 8.42. The molecule has 0 bridgehead atoms. The summed E-state index contributed by atoms with van der Waals surface area (Å²) in [4.78, 5) is 4.09. The Balaban J connectivity index is 2.43. The van der Waals surface area contributed by atoms with Gasteiger partial charge in [-0.3, -0.25) is 4.98 Å². The molecule has 0 aliphatic carbocycles. The molecule has 0 saturated carbocycles. The Labute approximate surface area is 64.5 Å². The second-order valence-corrected chi connectivity index (χ2v) is 2.57. The fourth-order valence-electron chi connectivity index (χ4n) is 0.696. The number of rotatable bonds is 3. The number of aryl methyl sites for hydroxylation is 1. The number of hydrogen-bond acceptors (Lipinski definition) is 3. The Morgan fingerprint density at radius 2 is 2.40 bits per heavy atom. The van der Waals surface area contributed by atoms with Gasteiger partial charge in [-0.1, -0.05) is 6.07 Å². The fourth-order valence-corrected chi connectivity index (χ4v) is 0.997. The van der Waals surface area contributed by atoms with E-state index in [1.165, 1.54) is 0 Å². The highest BCUT2D eigenvalue weighted by atomic mass is 32.2. The van der Waals surface area contributed by atoms with Crippen molar-refractivity contribution in [3.63, 3.8) is 0 Å². The molecule has 0 saturated heterocycles. The van der Waals surface area contributed by atoms with Crippen molar-refractivity contribution in [3.05, 3.63) is 30.1 Å². The zero-order valence-corrected chi connectivity index (χ0v) is 6.34. The smallest absolute Gasteiger partial charge is 0.0412 e. The zero-order valence-electron chi connectivity index (χ0n) is 5.53. The molecular formula is C7H9NOS. The molecule has 0 unspecified atom stereocenters. The molecule has 0 spiro atoms. The lowest BCUT2D eigenvalue weighted by Crippen LogP contribution is -1.90. The van der Waals surface area contributed by atoms with Crippen molar-refractivity contribution in [2.45, 2.75) is 6.42 Å². The first-order valence-electron chi connectivity index (χ1n) is 3.10. The van der Waals surface area contributed by atoms with Gasteiger partial charge in [0.2, 0.25) is 0 Å². The number of pyridine rings is 1. The van der Waals surface area contributed by atoms with E-state index in [1.807, 2.05) is 18.2 Å². The van der Waals surface area contributed by atoms with Gasteiger partial charge in [-0.05, 0) is 24.2 Å². The largest absolute Gasteiger partial charge is 0.330 e. The molecular weight excluding hydrogens is 146 g/mol. The maximum absolute atomic E-state index is 8.42. The van der Waals surface area contributed by atoms with E-state index in [4.69, 9.17) is 4.55 Å². The number of nitrogens with zero attached hydrogens (tertiary/aromatic N) is 1. The first-order chi connectivity index (χ1) is 4.93. The molecule has 1 rings (SSSR count). The van der Waals surface area contributed by atoms with Crippen molar-refractivity contribution in [1.29, 1.82) is 0 Å². The van der Waals surface area contributed by atoms with Crippen molar-refractivity contribution >= 4 is 12.0 Å². The van der Waals surface area contributed by atoms with E-state index in [9.17, 15) is 0 Å². The van der Waals surface area contributed by atoms with E-state index < -0.39 is 0 Å². The van der Waals surface area contributed by atoms with Gasteiger partial charge in [0.05, 0.1) is 0 Å². The molecule has 54 valence electrons.